The van der Waals surface area contributed by atoms with Crippen molar-refractivity contribution in [3.05, 3.63) is 28.2 Å². The van der Waals surface area contributed by atoms with Crippen molar-refractivity contribution in [2.24, 2.45) is 5.73 Å². The molecule has 1 rings (SSSR count). The molecule has 3 N–H and O–H groups in total. The minimum atomic E-state index is -0.371. The van der Waals surface area contributed by atoms with Gasteiger partial charge in [-0.15, -0.1) is 0 Å². The van der Waals surface area contributed by atoms with Gasteiger partial charge in [0.2, 0.25) is 5.43 Å². The fraction of sp³-hybridized carbons (Fsp3) is 0.615. The Morgan fingerprint density at radius 2 is 2.17 bits per heavy atom. The van der Waals surface area contributed by atoms with E-state index in [1.54, 1.807) is 6.20 Å². The Labute approximate surface area is 107 Å². The smallest absolute Gasteiger partial charge is 0.223 e. The Balaban J connectivity index is 2.54. The third-order valence-electron chi connectivity index (χ3n) is 2.13. The summed E-state index contributed by atoms with van der Waals surface area (Å²) < 4.78 is 10.7. The monoisotopic (exact) mass is 254 g/mol. The number of H-pyrrole nitrogens is 1. The summed E-state index contributed by atoms with van der Waals surface area (Å²) in [7, 11) is 0. The second kappa shape index (κ2) is 6.56. The zero-order chi connectivity index (χ0) is 13.6. The third kappa shape index (κ3) is 5.33. The highest BCUT2D eigenvalue weighted by Gasteiger charge is 2.10. The van der Waals surface area contributed by atoms with Crippen molar-refractivity contribution in [1.82, 2.24) is 4.98 Å². The molecule has 0 saturated heterocycles. The van der Waals surface area contributed by atoms with Crippen LogP contribution in [0.4, 0.5) is 0 Å². The molecule has 0 aliphatic rings. The van der Waals surface area contributed by atoms with Crippen molar-refractivity contribution < 1.29 is 9.47 Å². The lowest BCUT2D eigenvalue weighted by molar-refractivity contribution is 0.0829. The molecule has 0 aliphatic carbocycles. The van der Waals surface area contributed by atoms with Crippen molar-refractivity contribution in [2.45, 2.75) is 39.3 Å². The average Bonchev–Trinajstić information content (AvgIpc) is 2.26. The molecule has 0 atom stereocenters. The summed E-state index contributed by atoms with van der Waals surface area (Å²) in [6, 6.07) is 1.49. The van der Waals surface area contributed by atoms with Gasteiger partial charge in [0.25, 0.3) is 0 Å². The van der Waals surface area contributed by atoms with E-state index in [9.17, 15) is 4.79 Å². The van der Waals surface area contributed by atoms with Gasteiger partial charge < -0.3 is 20.2 Å². The van der Waals surface area contributed by atoms with Gasteiger partial charge >= 0.3 is 0 Å². The van der Waals surface area contributed by atoms with Gasteiger partial charge in [0.15, 0.2) is 5.75 Å². The first-order valence-electron chi connectivity index (χ1n) is 6.13. The van der Waals surface area contributed by atoms with E-state index >= 15 is 0 Å². The Kier molecular flexibility index (Phi) is 5.37. The minimum Gasteiger partial charge on any atom is -0.488 e. The summed E-state index contributed by atoms with van der Waals surface area (Å²) in [5.41, 5.74) is 6.01. The maximum Gasteiger partial charge on any atom is 0.223 e. The minimum absolute atomic E-state index is 0.132. The summed E-state index contributed by atoms with van der Waals surface area (Å²) in [5.74, 6) is 0.347. The Bertz CT molecular complexity index is 421. The van der Waals surface area contributed by atoms with E-state index in [1.807, 2.05) is 20.8 Å². The lowest BCUT2D eigenvalue weighted by Crippen LogP contribution is -2.37. The van der Waals surface area contributed by atoms with Crippen molar-refractivity contribution in [3.63, 3.8) is 0 Å². The maximum absolute atomic E-state index is 11.7. The van der Waals surface area contributed by atoms with Crippen molar-refractivity contribution in [1.29, 1.82) is 0 Å². The van der Waals surface area contributed by atoms with Crippen LogP contribution in [0.1, 0.15) is 32.9 Å². The predicted molar refractivity (Wildman–Crippen MR) is 70.8 cm³/mol. The van der Waals surface area contributed by atoms with Crippen LogP contribution in [-0.4, -0.2) is 23.7 Å². The first-order chi connectivity index (χ1) is 8.42. The fourth-order valence-corrected chi connectivity index (χ4v) is 1.33. The van der Waals surface area contributed by atoms with E-state index in [2.05, 4.69) is 4.98 Å². The molecule has 1 heterocycles. The molecule has 0 aromatic carbocycles. The zero-order valence-electron chi connectivity index (χ0n) is 11.3. The van der Waals surface area contributed by atoms with Crippen LogP contribution >= 0.6 is 0 Å². The van der Waals surface area contributed by atoms with Crippen molar-refractivity contribution >= 4 is 0 Å². The van der Waals surface area contributed by atoms with Crippen LogP contribution < -0.4 is 15.9 Å². The molecule has 5 heteroatoms. The molecule has 0 bridgehead atoms. The van der Waals surface area contributed by atoms with Crippen molar-refractivity contribution in [2.75, 3.05) is 13.2 Å². The lowest BCUT2D eigenvalue weighted by Gasteiger charge is -2.18. The highest BCUT2D eigenvalue weighted by molar-refractivity contribution is 5.20. The molecule has 0 aliphatic heterocycles. The molecule has 18 heavy (non-hydrogen) atoms. The SMILES string of the molecule is CCCOc1c[nH]c(COCC(C)(C)N)cc1=O. The molecular formula is C13H22N2O3. The molecule has 102 valence electrons. The summed E-state index contributed by atoms with van der Waals surface area (Å²) in [6.07, 6.45) is 2.44. The van der Waals surface area contributed by atoms with Gasteiger partial charge in [-0.3, -0.25) is 4.79 Å². The highest BCUT2D eigenvalue weighted by Crippen LogP contribution is 2.05. The van der Waals surface area contributed by atoms with Crippen LogP contribution in [0.15, 0.2) is 17.1 Å². The first-order valence-corrected chi connectivity index (χ1v) is 6.13. The van der Waals surface area contributed by atoms with Crippen LogP contribution in [0.3, 0.4) is 0 Å². The molecule has 0 radical (unpaired) electrons. The standard InChI is InChI=1S/C13H22N2O3/c1-4-5-18-12-7-15-10(6-11(12)16)8-17-9-13(2,3)14/h6-7H,4-5,8-9,14H2,1-3H3,(H,15,16). The number of hydrogen-bond donors (Lipinski definition) is 2. The Hall–Kier alpha value is -1.33. The number of ether oxygens (including phenoxy) is 2. The Morgan fingerprint density at radius 1 is 1.44 bits per heavy atom. The van der Waals surface area contributed by atoms with Crippen molar-refractivity contribution in [3.8, 4) is 5.75 Å². The average molecular weight is 254 g/mol. The van der Waals surface area contributed by atoms with E-state index in [0.717, 1.165) is 6.42 Å². The second-order valence-corrected chi connectivity index (χ2v) is 5.02. The topological polar surface area (TPSA) is 77.3 Å². The maximum atomic E-state index is 11.7. The van der Waals surface area contributed by atoms with E-state index in [1.165, 1.54) is 6.07 Å². The highest BCUT2D eigenvalue weighted by atomic mass is 16.5. The molecule has 5 nitrogen and oxygen atoms in total. The first kappa shape index (κ1) is 14.7. The van der Waals surface area contributed by atoms with Crippen LogP contribution in [0, 0.1) is 0 Å². The van der Waals surface area contributed by atoms with Crippen LogP contribution in [0.25, 0.3) is 0 Å². The number of pyridine rings is 1. The van der Waals surface area contributed by atoms with E-state index in [-0.39, 0.29) is 11.0 Å². The number of aromatic nitrogens is 1. The molecule has 0 saturated carbocycles. The molecule has 0 unspecified atom stereocenters. The van der Waals surface area contributed by atoms with Crippen LogP contribution in [0.2, 0.25) is 0 Å². The number of rotatable bonds is 7. The number of hydrogen-bond acceptors (Lipinski definition) is 4. The van der Waals surface area contributed by atoms with Gasteiger partial charge in [0.1, 0.15) is 0 Å². The molecule has 0 amide bonds. The molecule has 1 aromatic heterocycles. The number of aromatic amines is 1. The van der Waals surface area contributed by atoms with Gasteiger partial charge in [-0.05, 0) is 20.3 Å². The van der Waals surface area contributed by atoms with E-state index in [4.69, 9.17) is 15.2 Å². The number of nitrogens with one attached hydrogen (secondary N) is 1. The van der Waals surface area contributed by atoms with E-state index < -0.39 is 0 Å². The predicted octanol–water partition coefficient (Wildman–Crippen LogP) is 1.42. The quantitative estimate of drug-likeness (QED) is 0.771. The lowest BCUT2D eigenvalue weighted by atomic mass is 10.1. The molecule has 0 fully saturated rings. The zero-order valence-corrected chi connectivity index (χ0v) is 11.3. The summed E-state index contributed by atoms with van der Waals surface area (Å²) >= 11 is 0. The Morgan fingerprint density at radius 3 is 2.72 bits per heavy atom. The summed E-state index contributed by atoms with van der Waals surface area (Å²) in [4.78, 5) is 14.7. The van der Waals surface area contributed by atoms with Crippen LogP contribution in [0.5, 0.6) is 5.75 Å². The molecule has 1 aromatic rings. The van der Waals surface area contributed by atoms with Gasteiger partial charge in [-0.25, -0.2) is 0 Å². The van der Waals surface area contributed by atoms with E-state index in [0.29, 0.717) is 31.3 Å². The summed E-state index contributed by atoms with van der Waals surface area (Å²) in [6.45, 7) is 7.08. The normalized spacial score (nSPS) is 11.6. The fourth-order valence-electron chi connectivity index (χ4n) is 1.33. The van der Waals surface area contributed by atoms with Gasteiger partial charge in [0.05, 0.1) is 19.8 Å². The number of nitrogens with two attached hydrogens (primary N) is 1. The largest absolute Gasteiger partial charge is 0.488 e. The van der Waals surface area contributed by atoms with Gasteiger partial charge in [-0.1, -0.05) is 6.92 Å². The van der Waals surface area contributed by atoms with Gasteiger partial charge in [-0.2, -0.15) is 0 Å². The third-order valence-corrected chi connectivity index (χ3v) is 2.13. The molecule has 0 spiro atoms. The molecular weight excluding hydrogens is 232 g/mol. The van der Waals surface area contributed by atoms with Gasteiger partial charge in [0, 0.05) is 23.5 Å². The summed E-state index contributed by atoms with van der Waals surface area (Å²) in [5, 5.41) is 0. The van der Waals surface area contributed by atoms with Crippen LogP contribution in [-0.2, 0) is 11.3 Å². The second-order valence-electron chi connectivity index (χ2n) is 5.02.